The fraction of sp³-hybridized carbons (Fsp3) is 0.100. The fourth-order valence-corrected chi connectivity index (χ4v) is 3.88. The number of aliphatic hydroxyl groups excluding tert-OH is 2. The lowest BCUT2D eigenvalue weighted by molar-refractivity contribution is -0.576. The number of nitrogens with one attached hydrogen (secondary N) is 1. The smallest absolute Gasteiger partial charge is 0.387 e. The molecule has 10 heteroatoms. The Morgan fingerprint density at radius 2 is 1.93 bits per heavy atom. The molecule has 0 fully saturated rings. The van der Waals surface area contributed by atoms with Crippen LogP contribution in [0.2, 0.25) is 4.34 Å². The van der Waals surface area contributed by atoms with Crippen molar-refractivity contribution in [1.29, 1.82) is 0 Å². The number of halogens is 3. The third-order valence-electron chi connectivity index (χ3n) is 3.89. The largest absolute Gasteiger partial charge is 0.501 e. The zero-order chi connectivity index (χ0) is 21.7. The van der Waals surface area contributed by atoms with Gasteiger partial charge in [-0.3, -0.25) is 0 Å². The van der Waals surface area contributed by atoms with E-state index in [9.17, 15) is 19.0 Å². The lowest BCUT2D eigenvalue weighted by Gasteiger charge is -2.11. The number of hydrogen-bond acceptors (Lipinski definition) is 5. The SMILES string of the molecule is OCc1ccc[n+](/C(C(=S)Nc2ccc(OC(F)F)cc2)=C(/O)c2ccc(Cl)s2)c1. The molecule has 0 spiro atoms. The molecule has 2 aromatic heterocycles. The second kappa shape index (κ2) is 9.94. The highest BCUT2D eigenvalue weighted by Crippen LogP contribution is 2.29. The molecule has 3 rings (SSSR count). The highest BCUT2D eigenvalue weighted by molar-refractivity contribution is 7.81. The Hall–Kier alpha value is -2.59. The quantitative estimate of drug-likeness (QED) is 0.194. The number of aromatic nitrogens is 1. The number of pyridine rings is 1. The van der Waals surface area contributed by atoms with Gasteiger partial charge in [0.15, 0.2) is 17.4 Å². The number of hydrogen-bond donors (Lipinski definition) is 3. The first-order valence-electron chi connectivity index (χ1n) is 8.54. The van der Waals surface area contributed by atoms with E-state index >= 15 is 0 Å². The maximum atomic E-state index is 12.3. The van der Waals surface area contributed by atoms with Gasteiger partial charge in [0.05, 0.1) is 15.8 Å². The van der Waals surface area contributed by atoms with E-state index < -0.39 is 6.61 Å². The Kier molecular flexibility index (Phi) is 7.33. The lowest BCUT2D eigenvalue weighted by Crippen LogP contribution is -2.38. The molecular weight excluding hydrogens is 454 g/mol. The average molecular weight is 470 g/mol. The maximum Gasteiger partial charge on any atom is 0.387 e. The van der Waals surface area contributed by atoms with Crippen LogP contribution in [0.25, 0.3) is 11.5 Å². The summed E-state index contributed by atoms with van der Waals surface area (Å²) >= 11 is 12.7. The van der Waals surface area contributed by atoms with Crippen LogP contribution in [0.15, 0.2) is 60.9 Å². The zero-order valence-electron chi connectivity index (χ0n) is 15.3. The third kappa shape index (κ3) is 5.51. The van der Waals surface area contributed by atoms with Gasteiger partial charge < -0.3 is 20.3 Å². The summed E-state index contributed by atoms with van der Waals surface area (Å²) in [6.45, 7) is -3.10. The summed E-state index contributed by atoms with van der Waals surface area (Å²) in [4.78, 5) is 0.668. The topological polar surface area (TPSA) is 65.6 Å². The molecule has 3 aromatic rings. The second-order valence-electron chi connectivity index (χ2n) is 5.94. The number of thiocarbonyl (C=S) groups is 1. The summed E-state index contributed by atoms with van der Waals surface area (Å²) in [6, 6.07) is 12.5. The molecule has 1 aromatic carbocycles. The molecule has 0 saturated carbocycles. The van der Waals surface area contributed by atoms with Crippen molar-refractivity contribution >= 4 is 57.3 Å². The molecule has 0 amide bonds. The molecule has 2 heterocycles. The van der Waals surface area contributed by atoms with Gasteiger partial charge in [-0.2, -0.15) is 13.3 Å². The van der Waals surface area contributed by atoms with Crippen molar-refractivity contribution < 1.29 is 28.3 Å². The van der Waals surface area contributed by atoms with Crippen LogP contribution in [-0.4, -0.2) is 21.8 Å². The first-order chi connectivity index (χ1) is 14.4. The predicted molar refractivity (Wildman–Crippen MR) is 117 cm³/mol. The first-order valence-corrected chi connectivity index (χ1v) is 10.1. The molecule has 0 atom stereocenters. The third-order valence-corrected chi connectivity index (χ3v) is 5.42. The molecule has 5 nitrogen and oxygen atoms in total. The summed E-state index contributed by atoms with van der Waals surface area (Å²) in [5.74, 6) is -0.0968. The number of rotatable bonds is 7. The number of nitrogens with zero attached hydrogens (tertiary/aromatic N) is 1. The number of anilines is 1. The monoisotopic (exact) mass is 469 g/mol. The molecule has 0 saturated heterocycles. The summed E-state index contributed by atoms with van der Waals surface area (Å²) < 4.78 is 31.0. The van der Waals surface area contributed by atoms with Gasteiger partial charge in [-0.15, -0.1) is 11.3 Å². The van der Waals surface area contributed by atoms with Gasteiger partial charge >= 0.3 is 6.61 Å². The molecular formula is C20H16ClF2N2O3S2+. The molecule has 0 bridgehead atoms. The standard InChI is InChI=1S/C20H15ClF2N2O3S2/c21-16-8-7-15(30-16)18(27)17(25-9-1-2-12(10-25)11-26)19(29)24-13-3-5-14(6-4-13)28-20(22)23/h1-10,20,26H,11H2,(H-,24,27,29)/p+1. The number of alkyl halides is 2. The highest BCUT2D eigenvalue weighted by atomic mass is 35.5. The Bertz CT molecular complexity index is 1070. The van der Waals surface area contributed by atoms with Crippen LogP contribution in [0.1, 0.15) is 10.4 Å². The van der Waals surface area contributed by atoms with E-state index in [4.69, 9.17) is 23.8 Å². The second-order valence-corrected chi connectivity index (χ2v) is 8.06. The van der Waals surface area contributed by atoms with E-state index in [1.165, 1.54) is 35.6 Å². The Labute approximate surface area is 185 Å². The van der Waals surface area contributed by atoms with Crippen LogP contribution in [0, 0.1) is 0 Å². The van der Waals surface area contributed by atoms with Gasteiger partial charge in [0.2, 0.25) is 5.76 Å². The van der Waals surface area contributed by atoms with Crippen LogP contribution in [-0.2, 0) is 6.61 Å². The average Bonchev–Trinajstić information content (AvgIpc) is 3.16. The molecule has 30 heavy (non-hydrogen) atoms. The molecule has 0 aliphatic rings. The van der Waals surface area contributed by atoms with Crippen LogP contribution in [0.3, 0.4) is 0 Å². The van der Waals surface area contributed by atoms with Crippen molar-refractivity contribution in [2.45, 2.75) is 13.2 Å². The summed E-state index contributed by atoms with van der Waals surface area (Å²) in [5, 5.41) is 23.3. The van der Waals surface area contributed by atoms with Gasteiger partial charge in [-0.25, -0.2) is 0 Å². The summed E-state index contributed by atoms with van der Waals surface area (Å²) in [6.07, 6.45) is 3.31. The highest BCUT2D eigenvalue weighted by Gasteiger charge is 2.25. The van der Waals surface area contributed by atoms with Crippen LogP contribution in [0.4, 0.5) is 14.5 Å². The lowest BCUT2D eigenvalue weighted by atomic mass is 10.2. The van der Waals surface area contributed by atoms with Gasteiger partial charge in [-0.05, 0) is 42.5 Å². The van der Waals surface area contributed by atoms with Crippen molar-refractivity contribution in [2.24, 2.45) is 0 Å². The van der Waals surface area contributed by atoms with Crippen molar-refractivity contribution in [3.8, 4) is 5.75 Å². The van der Waals surface area contributed by atoms with Crippen molar-refractivity contribution in [3.05, 3.63) is 75.7 Å². The van der Waals surface area contributed by atoms with Gasteiger partial charge in [-0.1, -0.05) is 23.8 Å². The van der Waals surface area contributed by atoms with Crippen molar-refractivity contribution in [2.75, 3.05) is 5.32 Å². The van der Waals surface area contributed by atoms with Crippen LogP contribution >= 0.6 is 35.2 Å². The normalized spacial score (nSPS) is 11.9. The maximum absolute atomic E-state index is 12.3. The van der Waals surface area contributed by atoms with Gasteiger partial charge in [0.1, 0.15) is 5.75 Å². The molecule has 156 valence electrons. The summed E-state index contributed by atoms with van der Waals surface area (Å²) in [5.41, 5.74) is 1.38. The van der Waals surface area contributed by atoms with Crippen molar-refractivity contribution in [3.63, 3.8) is 0 Å². The minimum atomic E-state index is -2.91. The number of ether oxygens (including phenoxy) is 1. The van der Waals surface area contributed by atoms with Crippen LogP contribution < -0.4 is 14.6 Å². The molecule has 0 unspecified atom stereocenters. The van der Waals surface area contributed by atoms with E-state index in [-0.39, 0.29) is 28.8 Å². The van der Waals surface area contributed by atoms with Gasteiger partial charge in [0.25, 0.3) is 5.70 Å². The fourth-order valence-electron chi connectivity index (χ4n) is 2.57. The number of thiophene rings is 1. The zero-order valence-corrected chi connectivity index (χ0v) is 17.6. The Morgan fingerprint density at radius 3 is 2.53 bits per heavy atom. The summed E-state index contributed by atoms with van der Waals surface area (Å²) in [7, 11) is 0. The minimum Gasteiger partial charge on any atom is -0.501 e. The molecule has 0 aliphatic heterocycles. The predicted octanol–water partition coefficient (Wildman–Crippen LogP) is 5.11. The first kappa shape index (κ1) is 22.1. The van der Waals surface area contributed by atoms with E-state index in [0.29, 0.717) is 20.5 Å². The number of benzene rings is 1. The molecule has 0 radical (unpaired) electrons. The molecule has 3 N–H and O–H groups in total. The van der Waals surface area contributed by atoms with Gasteiger partial charge in [0, 0.05) is 17.3 Å². The Balaban J connectivity index is 1.96. The number of aliphatic hydroxyl groups is 2. The van der Waals surface area contributed by atoms with E-state index in [2.05, 4.69) is 10.1 Å². The molecule has 0 aliphatic carbocycles. The van der Waals surface area contributed by atoms with E-state index in [1.807, 2.05) is 0 Å². The van der Waals surface area contributed by atoms with Crippen LogP contribution in [0.5, 0.6) is 5.75 Å². The van der Waals surface area contributed by atoms with E-state index in [1.54, 1.807) is 41.2 Å². The van der Waals surface area contributed by atoms with E-state index in [0.717, 1.165) is 0 Å². The Morgan fingerprint density at radius 1 is 1.20 bits per heavy atom. The van der Waals surface area contributed by atoms with Crippen molar-refractivity contribution in [1.82, 2.24) is 0 Å². The minimum absolute atomic E-state index is 0.0123.